The molecule has 0 aliphatic heterocycles. The molecule has 5 heteroatoms. The third-order valence-corrected chi connectivity index (χ3v) is 2.49. The van der Waals surface area contributed by atoms with Gasteiger partial charge in [-0.25, -0.2) is 4.79 Å². The summed E-state index contributed by atoms with van der Waals surface area (Å²) in [4.78, 5) is 24.0. The van der Waals surface area contributed by atoms with Gasteiger partial charge in [-0.05, 0) is 23.6 Å². The maximum Gasteiger partial charge on any atom is 0.417 e. The summed E-state index contributed by atoms with van der Waals surface area (Å²) in [5.41, 5.74) is 1.92. The van der Waals surface area contributed by atoms with Crippen molar-refractivity contribution in [2.24, 2.45) is 0 Å². The molecule has 1 atom stereocenters. The molecule has 0 bridgehead atoms. The van der Waals surface area contributed by atoms with E-state index in [1.807, 2.05) is 6.92 Å². The maximum atomic E-state index is 10.9. The zero-order valence-electron chi connectivity index (χ0n) is 8.69. The van der Waals surface area contributed by atoms with Crippen molar-refractivity contribution in [3.8, 4) is 0 Å². The number of hydrogen-bond donors (Lipinski definition) is 2. The van der Waals surface area contributed by atoms with E-state index in [-0.39, 0.29) is 12.3 Å². The first-order chi connectivity index (χ1) is 7.56. The summed E-state index contributed by atoms with van der Waals surface area (Å²) in [5, 5.41) is 8.68. The second-order valence-corrected chi connectivity index (χ2v) is 3.77. The van der Waals surface area contributed by atoms with E-state index in [1.54, 1.807) is 18.2 Å². The van der Waals surface area contributed by atoms with E-state index < -0.39 is 11.7 Å². The quantitative estimate of drug-likeness (QED) is 0.826. The second-order valence-electron chi connectivity index (χ2n) is 3.77. The van der Waals surface area contributed by atoms with Gasteiger partial charge in [-0.1, -0.05) is 13.0 Å². The van der Waals surface area contributed by atoms with E-state index in [1.165, 1.54) is 0 Å². The summed E-state index contributed by atoms with van der Waals surface area (Å²) in [5.74, 6) is -1.46. The molecule has 0 spiro atoms. The van der Waals surface area contributed by atoms with E-state index in [0.717, 1.165) is 5.56 Å². The minimum Gasteiger partial charge on any atom is -0.481 e. The summed E-state index contributed by atoms with van der Waals surface area (Å²) >= 11 is 0. The molecule has 5 nitrogen and oxygen atoms in total. The van der Waals surface area contributed by atoms with Crippen molar-refractivity contribution >= 4 is 17.1 Å². The van der Waals surface area contributed by atoms with Crippen LogP contribution >= 0.6 is 0 Å². The van der Waals surface area contributed by atoms with Crippen molar-refractivity contribution in [3.05, 3.63) is 34.3 Å². The lowest BCUT2D eigenvalue weighted by Crippen LogP contribution is -2.02. The molecule has 0 aliphatic carbocycles. The average Bonchev–Trinajstić information content (AvgIpc) is 2.55. The highest BCUT2D eigenvalue weighted by molar-refractivity contribution is 5.73. The van der Waals surface area contributed by atoms with Crippen LogP contribution in [-0.4, -0.2) is 16.1 Å². The van der Waals surface area contributed by atoms with Crippen molar-refractivity contribution < 1.29 is 14.3 Å². The molecule has 2 N–H and O–H groups in total. The van der Waals surface area contributed by atoms with Gasteiger partial charge in [0.1, 0.15) is 0 Å². The molecule has 0 saturated carbocycles. The Morgan fingerprint density at radius 3 is 3.00 bits per heavy atom. The van der Waals surface area contributed by atoms with Gasteiger partial charge < -0.3 is 9.52 Å². The number of nitrogens with one attached hydrogen (secondary N) is 1. The Morgan fingerprint density at radius 1 is 1.56 bits per heavy atom. The number of aromatic nitrogens is 1. The van der Waals surface area contributed by atoms with Crippen molar-refractivity contribution in [1.82, 2.24) is 4.98 Å². The number of rotatable bonds is 3. The van der Waals surface area contributed by atoms with Crippen LogP contribution in [0.1, 0.15) is 24.8 Å². The molecule has 1 heterocycles. The standard InChI is InChI=1S/C11H11NO4/c1-6(4-10(13)14)7-2-3-8-9(5-7)16-11(15)12-8/h2-3,5-6H,4H2,1H3,(H,12,15)(H,13,14). The molecule has 0 aliphatic rings. The van der Waals surface area contributed by atoms with E-state index in [4.69, 9.17) is 9.52 Å². The van der Waals surface area contributed by atoms with E-state index in [2.05, 4.69) is 4.98 Å². The predicted molar refractivity (Wildman–Crippen MR) is 57.5 cm³/mol. The van der Waals surface area contributed by atoms with Gasteiger partial charge in [0.2, 0.25) is 0 Å². The average molecular weight is 221 g/mol. The Morgan fingerprint density at radius 2 is 2.31 bits per heavy atom. The Bertz CT molecular complexity index is 581. The zero-order chi connectivity index (χ0) is 11.7. The smallest absolute Gasteiger partial charge is 0.417 e. The van der Waals surface area contributed by atoms with Gasteiger partial charge in [0.25, 0.3) is 0 Å². The van der Waals surface area contributed by atoms with Crippen molar-refractivity contribution in [3.63, 3.8) is 0 Å². The highest BCUT2D eigenvalue weighted by Crippen LogP contribution is 2.22. The Hall–Kier alpha value is -2.04. The Kier molecular flexibility index (Phi) is 2.52. The minimum atomic E-state index is -0.844. The number of aromatic amines is 1. The van der Waals surface area contributed by atoms with Crippen LogP contribution < -0.4 is 5.76 Å². The summed E-state index contributed by atoms with van der Waals surface area (Å²) in [6, 6.07) is 5.20. The fourth-order valence-electron chi connectivity index (χ4n) is 1.65. The Balaban J connectivity index is 2.38. The van der Waals surface area contributed by atoms with Gasteiger partial charge in [-0.2, -0.15) is 0 Å². The maximum absolute atomic E-state index is 10.9. The van der Waals surface area contributed by atoms with Gasteiger partial charge in [0.15, 0.2) is 5.58 Å². The second kappa shape index (κ2) is 3.84. The molecule has 0 amide bonds. The summed E-state index contributed by atoms with van der Waals surface area (Å²) in [6.45, 7) is 1.82. The van der Waals surface area contributed by atoms with Gasteiger partial charge >= 0.3 is 11.7 Å². The minimum absolute atomic E-state index is 0.0557. The molecule has 0 fully saturated rings. The molecular weight excluding hydrogens is 210 g/mol. The van der Waals surface area contributed by atoms with Crippen LogP contribution in [0.2, 0.25) is 0 Å². The van der Waals surface area contributed by atoms with Gasteiger partial charge in [-0.15, -0.1) is 0 Å². The molecular formula is C11H11NO4. The number of carboxylic acid groups (broad SMARTS) is 1. The van der Waals surface area contributed by atoms with E-state index in [0.29, 0.717) is 11.1 Å². The summed E-state index contributed by atoms with van der Waals surface area (Å²) in [7, 11) is 0. The van der Waals surface area contributed by atoms with E-state index in [9.17, 15) is 9.59 Å². The lowest BCUT2D eigenvalue weighted by molar-refractivity contribution is -0.137. The third-order valence-electron chi connectivity index (χ3n) is 2.49. The molecule has 0 radical (unpaired) electrons. The topological polar surface area (TPSA) is 83.3 Å². The summed E-state index contributed by atoms with van der Waals surface area (Å²) in [6.07, 6.45) is 0.0557. The molecule has 84 valence electrons. The number of aliphatic carboxylic acids is 1. The lowest BCUT2D eigenvalue weighted by atomic mass is 9.98. The third kappa shape index (κ3) is 1.98. The Labute approximate surface area is 90.7 Å². The molecule has 16 heavy (non-hydrogen) atoms. The largest absolute Gasteiger partial charge is 0.481 e. The van der Waals surface area contributed by atoms with Crippen LogP contribution in [0.15, 0.2) is 27.4 Å². The first-order valence-electron chi connectivity index (χ1n) is 4.91. The van der Waals surface area contributed by atoms with Crippen molar-refractivity contribution in [2.45, 2.75) is 19.3 Å². The predicted octanol–water partition coefficient (Wildman–Crippen LogP) is 1.70. The van der Waals surface area contributed by atoms with Crippen molar-refractivity contribution in [2.75, 3.05) is 0 Å². The monoisotopic (exact) mass is 221 g/mol. The molecule has 2 rings (SSSR count). The number of fused-ring (bicyclic) bond motifs is 1. The van der Waals surface area contributed by atoms with Gasteiger partial charge in [-0.3, -0.25) is 9.78 Å². The lowest BCUT2D eigenvalue weighted by Gasteiger charge is -2.07. The number of carboxylic acids is 1. The number of benzene rings is 1. The van der Waals surface area contributed by atoms with Crippen molar-refractivity contribution in [1.29, 1.82) is 0 Å². The molecule has 1 aromatic heterocycles. The number of hydrogen-bond acceptors (Lipinski definition) is 3. The highest BCUT2D eigenvalue weighted by Gasteiger charge is 2.11. The molecule has 0 saturated heterocycles. The van der Waals surface area contributed by atoms with Crippen LogP contribution in [0.25, 0.3) is 11.1 Å². The molecule has 1 aromatic carbocycles. The first-order valence-corrected chi connectivity index (χ1v) is 4.91. The molecule has 1 unspecified atom stereocenters. The normalized spacial score (nSPS) is 12.8. The fourth-order valence-corrected chi connectivity index (χ4v) is 1.65. The highest BCUT2D eigenvalue weighted by atomic mass is 16.4. The van der Waals surface area contributed by atoms with Gasteiger partial charge in [0.05, 0.1) is 11.9 Å². The fraction of sp³-hybridized carbons (Fsp3) is 0.273. The number of H-pyrrole nitrogens is 1. The SMILES string of the molecule is CC(CC(=O)O)c1ccc2[nH]c(=O)oc2c1. The van der Waals surface area contributed by atoms with Crippen LogP contribution in [0.3, 0.4) is 0 Å². The van der Waals surface area contributed by atoms with Crippen LogP contribution in [0, 0.1) is 0 Å². The molecule has 2 aromatic rings. The number of carbonyl (C=O) groups is 1. The van der Waals surface area contributed by atoms with Gasteiger partial charge in [0, 0.05) is 0 Å². The van der Waals surface area contributed by atoms with Crippen LogP contribution in [0.4, 0.5) is 0 Å². The zero-order valence-corrected chi connectivity index (χ0v) is 8.69. The number of oxazole rings is 1. The van der Waals surface area contributed by atoms with E-state index >= 15 is 0 Å². The van der Waals surface area contributed by atoms with Crippen LogP contribution in [0.5, 0.6) is 0 Å². The summed E-state index contributed by atoms with van der Waals surface area (Å²) < 4.78 is 4.91. The van der Waals surface area contributed by atoms with Crippen LogP contribution in [-0.2, 0) is 4.79 Å². The first kappa shape index (κ1) is 10.5.